The summed E-state index contributed by atoms with van der Waals surface area (Å²) >= 11 is 1.36. The Hall–Kier alpha value is -6.72. The van der Waals surface area contributed by atoms with E-state index in [1.165, 1.54) is 29.8 Å². The lowest BCUT2D eigenvalue weighted by Gasteiger charge is -2.36. The molecule has 0 bridgehead atoms. The van der Waals surface area contributed by atoms with E-state index >= 15 is 0 Å². The molecule has 69 heavy (non-hydrogen) atoms. The van der Waals surface area contributed by atoms with Crippen molar-refractivity contribution in [3.63, 3.8) is 0 Å². The molecule has 4 aromatic carbocycles. The summed E-state index contributed by atoms with van der Waals surface area (Å²) in [5, 5.41) is 21.4. The number of hydrogen-bond donors (Lipinski definition) is 2. The van der Waals surface area contributed by atoms with Crippen LogP contribution in [-0.4, -0.2) is 83.6 Å². The lowest BCUT2D eigenvalue weighted by molar-refractivity contribution is -0.145. The highest BCUT2D eigenvalue weighted by Gasteiger charge is 2.39. The lowest BCUT2D eigenvalue weighted by atomic mass is 9.92. The number of rotatable bonds is 21. The number of methoxy groups -OCH3 is 1. The molecular formula is C53H57FN4O9SSi. The van der Waals surface area contributed by atoms with Crippen LogP contribution in [0.15, 0.2) is 110 Å². The number of aromatic nitrogens is 4. The van der Waals surface area contributed by atoms with Crippen LogP contribution in [0.5, 0.6) is 28.9 Å². The number of thiophene rings is 1. The smallest absolute Gasteiger partial charge is 0.345 e. The zero-order valence-corrected chi connectivity index (χ0v) is 41.9. The van der Waals surface area contributed by atoms with Crippen LogP contribution in [0.1, 0.15) is 43.2 Å². The Morgan fingerprint density at radius 1 is 0.913 bits per heavy atom. The third-order valence-electron chi connectivity index (χ3n) is 11.9. The van der Waals surface area contributed by atoms with Crippen molar-refractivity contribution in [2.45, 2.75) is 78.0 Å². The average Bonchev–Trinajstić information content (AvgIpc) is 3.70. The molecule has 0 fully saturated rings. The quantitative estimate of drug-likeness (QED) is 0.0397. The predicted octanol–water partition coefficient (Wildman–Crippen LogP) is 11.2. The van der Waals surface area contributed by atoms with Crippen molar-refractivity contribution in [1.29, 1.82) is 0 Å². The number of hydrogen-bond acceptors (Lipinski definition) is 13. The van der Waals surface area contributed by atoms with Gasteiger partial charge in [0.1, 0.15) is 52.7 Å². The maximum Gasteiger partial charge on any atom is 0.345 e. The number of nitrogens with zero attached hydrogens (tertiary/aromatic N) is 4. The van der Waals surface area contributed by atoms with Crippen molar-refractivity contribution in [3.8, 4) is 61.8 Å². The first kappa shape index (κ1) is 50.2. The second-order valence-corrected chi connectivity index (χ2v) is 23.7. The molecule has 360 valence electrons. The molecule has 2 unspecified atom stereocenters. The Morgan fingerprint density at radius 3 is 2.33 bits per heavy atom. The third-order valence-corrected chi connectivity index (χ3v) is 17.4. The summed E-state index contributed by atoms with van der Waals surface area (Å²) in [6.07, 6.45) is 2.39. The van der Waals surface area contributed by atoms with E-state index in [1.807, 2.05) is 62.4 Å². The van der Waals surface area contributed by atoms with Crippen LogP contribution >= 0.6 is 11.3 Å². The average molecular weight is 973 g/mol. The van der Waals surface area contributed by atoms with Gasteiger partial charge in [0.2, 0.25) is 20.3 Å². The number of para-hydroxylation sites is 1. The predicted molar refractivity (Wildman–Crippen MR) is 269 cm³/mol. The highest BCUT2D eigenvalue weighted by molar-refractivity contribution is 7.22. The van der Waals surface area contributed by atoms with Gasteiger partial charge in [-0.25, -0.2) is 29.1 Å². The zero-order chi connectivity index (χ0) is 49.5. The summed E-state index contributed by atoms with van der Waals surface area (Å²) in [7, 11) is -0.743. The number of ether oxygens (including phenoxy) is 5. The molecule has 7 aromatic rings. The minimum absolute atomic E-state index is 0.0436. The molecule has 0 aliphatic rings. The summed E-state index contributed by atoms with van der Waals surface area (Å²) in [6, 6.07) is 24.5. The largest absolute Gasteiger partial charge is 0.543 e. The van der Waals surface area contributed by atoms with Gasteiger partial charge < -0.3 is 38.3 Å². The van der Waals surface area contributed by atoms with E-state index < -0.39 is 32.3 Å². The molecule has 2 atom stereocenters. The first-order chi connectivity index (χ1) is 33.0. The number of aliphatic hydroxyl groups excluding tert-OH is 1. The van der Waals surface area contributed by atoms with E-state index in [2.05, 4.69) is 55.4 Å². The molecule has 0 spiro atoms. The molecule has 3 heterocycles. The summed E-state index contributed by atoms with van der Waals surface area (Å²) in [5.41, 5.74) is 5.65. The molecule has 13 nitrogen and oxygen atoms in total. The van der Waals surface area contributed by atoms with Gasteiger partial charge in [0.15, 0.2) is 5.82 Å². The monoisotopic (exact) mass is 972 g/mol. The van der Waals surface area contributed by atoms with E-state index in [0.717, 1.165) is 27.1 Å². The zero-order valence-electron chi connectivity index (χ0n) is 40.0. The standard InChI is InChI=1S/C53H57FN4O9SSi/c1-10-23-63-30-40(28-59)65-39-24-32(2)45(33(3)25-39)46-47-50(56-31-57-51(47)68-48(46)34-15-17-36(54)18-16-34)66-44(52(60)61)27-35-26-38(67-69(8,9)53(4,5)6)19-20-42(35)64-29-37-21-22-55-49(58-37)41-13-11-12-14-43(41)62-7/h10-22,24-26,31,40,44,59H,1,23,27-30H2,2-9H3,(H,60,61). The molecule has 0 radical (unpaired) electrons. The fourth-order valence-electron chi connectivity index (χ4n) is 7.49. The highest BCUT2D eigenvalue weighted by Crippen LogP contribution is 2.49. The molecule has 0 aliphatic carbocycles. The van der Waals surface area contributed by atoms with Crippen LogP contribution in [0, 0.1) is 19.7 Å². The summed E-state index contributed by atoms with van der Waals surface area (Å²) in [6.45, 7) is 18.5. The number of carboxylic acid groups (broad SMARTS) is 1. The molecule has 7 rings (SSSR count). The molecule has 2 N–H and O–H groups in total. The number of benzene rings is 4. The van der Waals surface area contributed by atoms with Crippen molar-refractivity contribution >= 4 is 35.8 Å². The van der Waals surface area contributed by atoms with Gasteiger partial charge >= 0.3 is 5.97 Å². The normalized spacial score (nSPS) is 12.6. The highest BCUT2D eigenvalue weighted by atomic mass is 32.1. The number of aliphatic hydroxyl groups is 1. The molecular weight excluding hydrogens is 916 g/mol. The molecule has 3 aromatic heterocycles. The van der Waals surface area contributed by atoms with E-state index in [9.17, 15) is 19.4 Å². The van der Waals surface area contributed by atoms with Gasteiger partial charge in [-0.3, -0.25) is 0 Å². The Bertz CT molecular complexity index is 2920. The van der Waals surface area contributed by atoms with E-state index in [1.54, 1.807) is 43.6 Å². The van der Waals surface area contributed by atoms with E-state index in [-0.39, 0.29) is 37.2 Å². The van der Waals surface area contributed by atoms with Crippen LogP contribution < -0.4 is 23.4 Å². The SMILES string of the molecule is C=CCOCC(CO)Oc1cc(C)c(-c2c(-c3ccc(F)cc3)sc3ncnc(OC(Cc4cc(O[Si](C)(C)C(C)(C)C)ccc4OCc4ccnc(-c5ccccc5OC)n4)C(=O)O)c23)c(C)c1. The third kappa shape index (κ3) is 11.8. The van der Waals surface area contributed by atoms with Crippen molar-refractivity contribution in [2.75, 3.05) is 26.9 Å². The second-order valence-electron chi connectivity index (χ2n) is 18.0. The maximum absolute atomic E-state index is 14.4. The molecule has 0 amide bonds. The van der Waals surface area contributed by atoms with Gasteiger partial charge in [-0.1, -0.05) is 51.1 Å². The van der Waals surface area contributed by atoms with Gasteiger partial charge in [-0.05, 0) is 115 Å². The number of aliphatic carboxylic acids is 1. The summed E-state index contributed by atoms with van der Waals surface area (Å²) in [5.74, 6) is 1.03. The number of aryl methyl sites for hydroxylation is 2. The Balaban J connectivity index is 1.28. The van der Waals surface area contributed by atoms with E-state index in [4.69, 9.17) is 33.1 Å². The topological polar surface area (TPSA) is 164 Å². The number of fused-ring (bicyclic) bond motifs is 1. The van der Waals surface area contributed by atoms with Gasteiger partial charge in [-0.15, -0.1) is 17.9 Å². The molecule has 16 heteroatoms. The first-order valence-electron chi connectivity index (χ1n) is 22.4. The summed E-state index contributed by atoms with van der Waals surface area (Å²) < 4.78 is 51.3. The van der Waals surface area contributed by atoms with Gasteiger partial charge in [0, 0.05) is 28.6 Å². The van der Waals surface area contributed by atoms with Gasteiger partial charge in [0.25, 0.3) is 0 Å². The fraction of sp³-hybridized carbons (Fsp3) is 0.302. The Labute approximate surface area is 406 Å². The van der Waals surface area contributed by atoms with Crippen molar-refractivity contribution < 1.29 is 47.5 Å². The van der Waals surface area contributed by atoms with Gasteiger partial charge in [-0.2, -0.15) is 0 Å². The molecule has 0 saturated heterocycles. The Morgan fingerprint density at radius 2 is 1.65 bits per heavy atom. The number of carbonyl (C=O) groups is 1. The first-order valence-corrected chi connectivity index (χ1v) is 26.1. The number of halogens is 1. The van der Waals surface area contributed by atoms with Crippen LogP contribution in [0.4, 0.5) is 4.39 Å². The number of carboxylic acids is 1. The molecule has 0 saturated carbocycles. The van der Waals surface area contributed by atoms with Crippen molar-refractivity contribution in [1.82, 2.24) is 19.9 Å². The van der Waals surface area contributed by atoms with Crippen LogP contribution in [0.25, 0.3) is 43.2 Å². The van der Waals surface area contributed by atoms with Crippen LogP contribution in [0.3, 0.4) is 0 Å². The minimum atomic E-state index is -2.33. The maximum atomic E-state index is 14.4. The van der Waals surface area contributed by atoms with E-state index in [0.29, 0.717) is 68.0 Å². The van der Waals surface area contributed by atoms with Crippen molar-refractivity contribution in [3.05, 3.63) is 138 Å². The molecule has 0 aliphatic heterocycles. The fourth-order valence-corrected chi connectivity index (χ4v) is 9.66. The van der Waals surface area contributed by atoms with Gasteiger partial charge in [0.05, 0.1) is 43.6 Å². The Kier molecular flexibility index (Phi) is 15.8. The van der Waals surface area contributed by atoms with Crippen LogP contribution in [0.2, 0.25) is 18.1 Å². The minimum Gasteiger partial charge on any atom is -0.543 e. The van der Waals surface area contributed by atoms with Crippen LogP contribution in [-0.2, 0) is 22.6 Å². The second kappa shape index (κ2) is 21.7. The van der Waals surface area contributed by atoms with Crippen molar-refractivity contribution in [2.24, 2.45) is 0 Å². The summed E-state index contributed by atoms with van der Waals surface area (Å²) in [4.78, 5) is 33.2. The lowest BCUT2D eigenvalue weighted by Crippen LogP contribution is -2.43.